The molecule has 3 aromatic rings. The smallest absolute Gasteiger partial charge is 0.222 e. The number of carbonyl (C=O) groups is 1. The number of benzene rings is 3. The highest BCUT2D eigenvalue weighted by Gasteiger charge is 2.21. The molecule has 0 radical (unpaired) electrons. The largest absolute Gasteiger partial charge is 0.493 e. The first-order valence-electron chi connectivity index (χ1n) is 10.1. The first-order valence-corrected chi connectivity index (χ1v) is 10.5. The molecule has 1 heterocycles. The van der Waals surface area contributed by atoms with Gasteiger partial charge in [0.2, 0.25) is 5.91 Å². The van der Waals surface area contributed by atoms with Crippen molar-refractivity contribution in [2.75, 3.05) is 37.7 Å². The zero-order valence-corrected chi connectivity index (χ0v) is 17.1. The zero-order valence-electron chi connectivity index (χ0n) is 16.4. The summed E-state index contributed by atoms with van der Waals surface area (Å²) in [5.74, 6) is 1.08. The van der Waals surface area contributed by atoms with E-state index in [9.17, 15) is 4.79 Å². The Morgan fingerprint density at radius 3 is 2.45 bits per heavy atom. The van der Waals surface area contributed by atoms with Crippen LogP contribution in [-0.4, -0.2) is 43.6 Å². The molecule has 0 unspecified atom stereocenters. The Hall–Kier alpha value is -2.72. The van der Waals surface area contributed by atoms with Crippen LogP contribution < -0.4 is 9.64 Å². The number of halogens is 1. The highest BCUT2D eigenvalue weighted by Crippen LogP contribution is 2.27. The molecule has 0 spiro atoms. The number of fused-ring (bicyclic) bond motifs is 1. The van der Waals surface area contributed by atoms with Crippen LogP contribution in [0.15, 0.2) is 66.7 Å². The number of amides is 1. The molecular formula is C24H25ClN2O2. The molecule has 0 aromatic heterocycles. The summed E-state index contributed by atoms with van der Waals surface area (Å²) < 4.78 is 5.95. The van der Waals surface area contributed by atoms with Crippen molar-refractivity contribution >= 4 is 34.0 Å². The summed E-state index contributed by atoms with van der Waals surface area (Å²) in [4.78, 5) is 16.8. The van der Waals surface area contributed by atoms with Gasteiger partial charge in [-0.2, -0.15) is 0 Å². The number of rotatable bonds is 6. The fourth-order valence-corrected chi connectivity index (χ4v) is 4.05. The van der Waals surface area contributed by atoms with Gasteiger partial charge in [-0.25, -0.2) is 0 Å². The molecule has 0 atom stereocenters. The van der Waals surface area contributed by atoms with E-state index in [1.165, 1.54) is 0 Å². The van der Waals surface area contributed by atoms with Crippen molar-refractivity contribution in [2.45, 2.75) is 12.8 Å². The molecule has 29 heavy (non-hydrogen) atoms. The first-order chi connectivity index (χ1) is 14.2. The van der Waals surface area contributed by atoms with E-state index in [1.54, 1.807) is 0 Å². The molecular weight excluding hydrogens is 384 g/mol. The van der Waals surface area contributed by atoms with Crippen molar-refractivity contribution < 1.29 is 9.53 Å². The summed E-state index contributed by atoms with van der Waals surface area (Å²) in [5.41, 5.74) is 1.05. The van der Waals surface area contributed by atoms with Gasteiger partial charge in [-0.3, -0.25) is 4.79 Å². The highest BCUT2D eigenvalue weighted by molar-refractivity contribution is 6.33. The quantitative estimate of drug-likeness (QED) is 0.538. The van der Waals surface area contributed by atoms with Crippen molar-refractivity contribution in [1.29, 1.82) is 0 Å². The van der Waals surface area contributed by atoms with Gasteiger partial charge in [-0.1, -0.05) is 60.1 Å². The predicted molar refractivity (Wildman–Crippen MR) is 119 cm³/mol. The molecule has 1 saturated heterocycles. The first kappa shape index (κ1) is 19.6. The Bertz CT molecular complexity index is 978. The van der Waals surface area contributed by atoms with E-state index in [0.717, 1.165) is 53.4 Å². The van der Waals surface area contributed by atoms with Crippen molar-refractivity contribution in [3.63, 3.8) is 0 Å². The number of carbonyl (C=O) groups excluding carboxylic acids is 1. The SMILES string of the molecule is O=C(CCCOc1cccc2ccccc12)N1CCN(c2ccccc2Cl)CC1. The summed E-state index contributed by atoms with van der Waals surface area (Å²) in [6.07, 6.45) is 1.23. The second kappa shape index (κ2) is 9.19. The standard InChI is InChI=1S/C24H25ClN2O2/c25-21-10-3-4-11-22(21)26-14-16-27(17-15-26)24(28)13-6-18-29-23-12-5-8-19-7-1-2-9-20(19)23/h1-5,7-12H,6,13-18H2. The maximum absolute atomic E-state index is 12.6. The maximum atomic E-state index is 12.6. The van der Waals surface area contributed by atoms with Crippen LogP contribution in [-0.2, 0) is 4.79 Å². The molecule has 4 rings (SSSR count). The van der Waals surface area contributed by atoms with Crippen LogP contribution in [0.5, 0.6) is 5.75 Å². The summed E-state index contributed by atoms with van der Waals surface area (Å²) in [5, 5.41) is 3.03. The third-order valence-corrected chi connectivity index (χ3v) is 5.69. The Balaban J connectivity index is 1.23. The lowest BCUT2D eigenvalue weighted by molar-refractivity contribution is -0.131. The van der Waals surface area contributed by atoms with Crippen LogP contribution in [0.1, 0.15) is 12.8 Å². The molecule has 150 valence electrons. The van der Waals surface area contributed by atoms with Gasteiger partial charge in [-0.05, 0) is 30.0 Å². The fourth-order valence-electron chi connectivity index (χ4n) is 3.79. The van der Waals surface area contributed by atoms with Crippen LogP contribution in [0.3, 0.4) is 0 Å². The van der Waals surface area contributed by atoms with E-state index in [-0.39, 0.29) is 5.91 Å². The lowest BCUT2D eigenvalue weighted by Gasteiger charge is -2.36. The molecule has 0 aliphatic carbocycles. The van der Waals surface area contributed by atoms with Gasteiger partial charge in [0.15, 0.2) is 0 Å². The molecule has 0 saturated carbocycles. The Kier molecular flexibility index (Phi) is 6.20. The average molecular weight is 409 g/mol. The third kappa shape index (κ3) is 4.65. The lowest BCUT2D eigenvalue weighted by atomic mass is 10.1. The van der Waals surface area contributed by atoms with Gasteiger partial charge in [-0.15, -0.1) is 0 Å². The van der Waals surface area contributed by atoms with E-state index in [4.69, 9.17) is 16.3 Å². The molecule has 0 bridgehead atoms. The van der Waals surface area contributed by atoms with Crippen LogP contribution in [0, 0.1) is 0 Å². The van der Waals surface area contributed by atoms with Gasteiger partial charge < -0.3 is 14.5 Å². The van der Waals surface area contributed by atoms with Crippen LogP contribution in [0.4, 0.5) is 5.69 Å². The van der Waals surface area contributed by atoms with Gasteiger partial charge in [0.1, 0.15) is 5.75 Å². The summed E-state index contributed by atoms with van der Waals surface area (Å²) in [6, 6.07) is 22.1. The van der Waals surface area contributed by atoms with E-state index < -0.39 is 0 Å². The highest BCUT2D eigenvalue weighted by atomic mass is 35.5. The fraction of sp³-hybridized carbons (Fsp3) is 0.292. The number of ether oxygens (including phenoxy) is 1. The monoisotopic (exact) mass is 408 g/mol. The maximum Gasteiger partial charge on any atom is 0.222 e. The normalized spacial score (nSPS) is 14.2. The zero-order chi connectivity index (χ0) is 20.1. The van der Waals surface area contributed by atoms with Gasteiger partial charge in [0.05, 0.1) is 17.3 Å². The van der Waals surface area contributed by atoms with E-state index >= 15 is 0 Å². The topological polar surface area (TPSA) is 32.8 Å². The Morgan fingerprint density at radius 2 is 1.62 bits per heavy atom. The van der Waals surface area contributed by atoms with E-state index in [0.29, 0.717) is 19.4 Å². The summed E-state index contributed by atoms with van der Waals surface area (Å²) >= 11 is 6.29. The molecule has 3 aromatic carbocycles. The average Bonchev–Trinajstić information content (AvgIpc) is 2.77. The molecule has 0 N–H and O–H groups in total. The number of hydrogen-bond acceptors (Lipinski definition) is 3. The Morgan fingerprint density at radius 1 is 0.897 bits per heavy atom. The second-order valence-electron chi connectivity index (χ2n) is 7.25. The predicted octanol–water partition coefficient (Wildman–Crippen LogP) is 5.00. The second-order valence-corrected chi connectivity index (χ2v) is 7.66. The van der Waals surface area contributed by atoms with Crippen molar-refractivity contribution in [1.82, 2.24) is 4.90 Å². The number of nitrogens with zero attached hydrogens (tertiary/aromatic N) is 2. The molecule has 1 fully saturated rings. The molecule has 4 nitrogen and oxygen atoms in total. The van der Waals surface area contributed by atoms with Crippen molar-refractivity contribution in [3.05, 3.63) is 71.8 Å². The van der Waals surface area contributed by atoms with Crippen LogP contribution >= 0.6 is 11.6 Å². The van der Waals surface area contributed by atoms with Crippen molar-refractivity contribution in [2.24, 2.45) is 0 Å². The Labute approximate surface area is 176 Å². The van der Waals surface area contributed by atoms with Gasteiger partial charge in [0.25, 0.3) is 0 Å². The van der Waals surface area contributed by atoms with Crippen molar-refractivity contribution in [3.8, 4) is 5.75 Å². The number of hydrogen-bond donors (Lipinski definition) is 0. The minimum atomic E-state index is 0.199. The molecule has 1 aliphatic heterocycles. The van der Waals surface area contributed by atoms with Crippen LogP contribution in [0.2, 0.25) is 5.02 Å². The summed E-state index contributed by atoms with van der Waals surface area (Å²) in [6.45, 7) is 3.62. The molecule has 5 heteroatoms. The molecule has 1 amide bonds. The van der Waals surface area contributed by atoms with Crippen LogP contribution in [0.25, 0.3) is 10.8 Å². The van der Waals surface area contributed by atoms with Gasteiger partial charge in [0, 0.05) is 38.0 Å². The number of para-hydroxylation sites is 1. The summed E-state index contributed by atoms with van der Waals surface area (Å²) in [7, 11) is 0. The lowest BCUT2D eigenvalue weighted by Crippen LogP contribution is -2.48. The third-order valence-electron chi connectivity index (χ3n) is 5.37. The van der Waals surface area contributed by atoms with Gasteiger partial charge >= 0.3 is 0 Å². The molecule has 1 aliphatic rings. The minimum Gasteiger partial charge on any atom is -0.493 e. The number of anilines is 1. The van der Waals surface area contributed by atoms with E-state index in [2.05, 4.69) is 23.1 Å². The minimum absolute atomic E-state index is 0.199. The van der Waals surface area contributed by atoms with E-state index in [1.807, 2.05) is 53.4 Å². The number of piperazine rings is 1.